The predicted molar refractivity (Wildman–Crippen MR) is 80.7 cm³/mol. The van der Waals surface area contributed by atoms with Crippen molar-refractivity contribution >= 4 is 16.3 Å². The molecule has 1 aliphatic rings. The number of imidazole rings is 1. The zero-order valence-corrected chi connectivity index (χ0v) is 12.4. The minimum atomic E-state index is -0.0949. The molecule has 0 unspecified atom stereocenters. The minimum Gasteiger partial charge on any atom is -0.496 e. The molecule has 0 aliphatic heterocycles. The molecule has 0 atom stereocenters. The third-order valence-electron chi connectivity index (χ3n) is 3.75. The van der Waals surface area contributed by atoms with E-state index < -0.39 is 0 Å². The fraction of sp³-hybridized carbons (Fsp3) is 0.333. The van der Waals surface area contributed by atoms with Gasteiger partial charge in [-0.05, 0) is 25.0 Å². The Morgan fingerprint density at radius 1 is 1.38 bits per heavy atom. The SMILES string of the molecule is COc1ccccc1-c1nc2sc(C3CC3)nn2c1CO. The lowest BCUT2D eigenvalue weighted by Crippen LogP contribution is -1.97. The second-order valence-corrected chi connectivity index (χ2v) is 6.16. The van der Waals surface area contributed by atoms with E-state index in [4.69, 9.17) is 4.74 Å². The fourth-order valence-corrected chi connectivity index (χ4v) is 3.58. The zero-order valence-electron chi connectivity index (χ0n) is 11.6. The Morgan fingerprint density at radius 3 is 2.90 bits per heavy atom. The average Bonchev–Trinajstić information content (AvgIpc) is 3.20. The second kappa shape index (κ2) is 4.82. The van der Waals surface area contributed by atoms with E-state index in [-0.39, 0.29) is 6.61 Å². The van der Waals surface area contributed by atoms with Gasteiger partial charge in [0.25, 0.3) is 0 Å². The first-order valence-corrected chi connectivity index (χ1v) is 7.76. The van der Waals surface area contributed by atoms with E-state index in [1.807, 2.05) is 24.3 Å². The fourth-order valence-electron chi connectivity index (χ4n) is 2.50. The molecule has 0 amide bonds. The molecule has 5 nitrogen and oxygen atoms in total. The van der Waals surface area contributed by atoms with E-state index in [2.05, 4.69) is 10.1 Å². The number of methoxy groups -OCH3 is 1. The Balaban J connectivity index is 1.90. The predicted octanol–water partition coefficient (Wildman–Crippen LogP) is 2.84. The van der Waals surface area contributed by atoms with Gasteiger partial charge in [-0.1, -0.05) is 23.5 Å². The number of para-hydroxylation sites is 1. The second-order valence-electron chi connectivity index (χ2n) is 5.17. The van der Waals surface area contributed by atoms with Crippen LogP contribution in [0.3, 0.4) is 0 Å². The lowest BCUT2D eigenvalue weighted by Gasteiger charge is -2.07. The highest BCUT2D eigenvalue weighted by molar-refractivity contribution is 7.16. The molecule has 108 valence electrons. The van der Waals surface area contributed by atoms with Crippen molar-refractivity contribution in [2.24, 2.45) is 0 Å². The summed E-state index contributed by atoms with van der Waals surface area (Å²) in [4.78, 5) is 5.51. The molecule has 1 saturated carbocycles. The summed E-state index contributed by atoms with van der Waals surface area (Å²) in [6.07, 6.45) is 2.43. The molecule has 6 heteroatoms. The molecular weight excluding hydrogens is 286 g/mol. The van der Waals surface area contributed by atoms with Crippen LogP contribution in [-0.2, 0) is 6.61 Å². The molecular formula is C15H15N3O2S. The van der Waals surface area contributed by atoms with Crippen molar-refractivity contribution in [3.63, 3.8) is 0 Å². The van der Waals surface area contributed by atoms with Gasteiger partial charge < -0.3 is 9.84 Å². The van der Waals surface area contributed by atoms with Gasteiger partial charge in [0.1, 0.15) is 16.5 Å². The molecule has 0 spiro atoms. The van der Waals surface area contributed by atoms with E-state index in [0.717, 1.165) is 32.7 Å². The summed E-state index contributed by atoms with van der Waals surface area (Å²) in [5.74, 6) is 1.35. The molecule has 4 rings (SSSR count). The minimum absolute atomic E-state index is 0.0949. The van der Waals surface area contributed by atoms with Crippen LogP contribution in [0, 0.1) is 0 Å². The Morgan fingerprint density at radius 2 is 2.19 bits per heavy atom. The summed E-state index contributed by atoms with van der Waals surface area (Å²) in [5.41, 5.74) is 2.35. The number of ether oxygens (including phenoxy) is 1. The van der Waals surface area contributed by atoms with Crippen LogP contribution >= 0.6 is 11.3 Å². The normalized spacial score (nSPS) is 14.8. The maximum atomic E-state index is 9.76. The number of aliphatic hydroxyl groups excluding tert-OH is 1. The van der Waals surface area contributed by atoms with Crippen LogP contribution in [0.25, 0.3) is 16.2 Å². The zero-order chi connectivity index (χ0) is 14.4. The molecule has 21 heavy (non-hydrogen) atoms. The van der Waals surface area contributed by atoms with Crippen LogP contribution in [0.2, 0.25) is 0 Å². The third kappa shape index (κ3) is 2.02. The van der Waals surface area contributed by atoms with E-state index in [1.165, 1.54) is 12.8 Å². The number of aromatic nitrogens is 3. The van der Waals surface area contributed by atoms with Crippen LogP contribution in [0.15, 0.2) is 24.3 Å². The van der Waals surface area contributed by atoms with Gasteiger partial charge in [0, 0.05) is 11.5 Å². The highest BCUT2D eigenvalue weighted by Crippen LogP contribution is 2.43. The number of rotatable bonds is 4. The lowest BCUT2D eigenvalue weighted by molar-refractivity contribution is 0.275. The first-order chi connectivity index (χ1) is 10.3. The number of aliphatic hydroxyl groups is 1. The number of nitrogens with zero attached hydrogens (tertiary/aromatic N) is 3. The first kappa shape index (κ1) is 12.8. The molecule has 0 bridgehead atoms. The van der Waals surface area contributed by atoms with Crippen LogP contribution in [0.1, 0.15) is 29.5 Å². The Bertz CT molecular complexity index is 804. The van der Waals surface area contributed by atoms with Gasteiger partial charge in [-0.2, -0.15) is 5.10 Å². The smallest absolute Gasteiger partial charge is 0.213 e. The Labute approximate surface area is 125 Å². The van der Waals surface area contributed by atoms with E-state index >= 15 is 0 Å². The third-order valence-corrected chi connectivity index (χ3v) is 4.82. The van der Waals surface area contributed by atoms with Crippen molar-refractivity contribution in [2.45, 2.75) is 25.4 Å². The topological polar surface area (TPSA) is 59.7 Å². The van der Waals surface area contributed by atoms with Gasteiger partial charge in [0.15, 0.2) is 0 Å². The highest BCUT2D eigenvalue weighted by Gasteiger charge is 2.29. The van der Waals surface area contributed by atoms with Crippen LogP contribution < -0.4 is 4.74 Å². The number of fused-ring (bicyclic) bond motifs is 1. The largest absolute Gasteiger partial charge is 0.496 e. The average molecular weight is 301 g/mol. The number of benzene rings is 1. The molecule has 1 aromatic carbocycles. The maximum Gasteiger partial charge on any atom is 0.213 e. The number of hydrogen-bond donors (Lipinski definition) is 1. The molecule has 0 radical (unpaired) electrons. The monoisotopic (exact) mass is 301 g/mol. The quantitative estimate of drug-likeness (QED) is 0.805. The van der Waals surface area contributed by atoms with Crippen LogP contribution in [0.5, 0.6) is 5.75 Å². The molecule has 1 fully saturated rings. The van der Waals surface area contributed by atoms with Gasteiger partial charge in [-0.3, -0.25) is 0 Å². The summed E-state index contributed by atoms with van der Waals surface area (Å²) >= 11 is 1.62. The van der Waals surface area contributed by atoms with Gasteiger partial charge in [-0.25, -0.2) is 9.50 Å². The van der Waals surface area contributed by atoms with Crippen LogP contribution in [-0.4, -0.2) is 26.8 Å². The Hall–Kier alpha value is -1.92. The molecule has 2 aromatic heterocycles. The summed E-state index contributed by atoms with van der Waals surface area (Å²) in [5, 5.41) is 15.5. The van der Waals surface area contributed by atoms with E-state index in [0.29, 0.717) is 5.92 Å². The highest BCUT2D eigenvalue weighted by atomic mass is 32.1. The molecule has 1 aliphatic carbocycles. The van der Waals surface area contributed by atoms with Gasteiger partial charge in [0.05, 0.1) is 19.4 Å². The van der Waals surface area contributed by atoms with Crippen molar-refractivity contribution in [2.75, 3.05) is 7.11 Å². The molecule has 3 aromatic rings. The van der Waals surface area contributed by atoms with Gasteiger partial charge >= 0.3 is 0 Å². The number of hydrogen-bond acceptors (Lipinski definition) is 5. The van der Waals surface area contributed by atoms with Gasteiger partial charge in [0.2, 0.25) is 4.96 Å². The first-order valence-electron chi connectivity index (χ1n) is 6.94. The summed E-state index contributed by atoms with van der Waals surface area (Å²) < 4.78 is 7.17. The summed E-state index contributed by atoms with van der Waals surface area (Å²) in [6.45, 7) is -0.0949. The van der Waals surface area contributed by atoms with E-state index in [9.17, 15) is 5.11 Å². The summed E-state index contributed by atoms with van der Waals surface area (Å²) in [6, 6.07) is 7.71. The van der Waals surface area contributed by atoms with Crippen molar-refractivity contribution in [3.8, 4) is 17.0 Å². The Kier molecular flexibility index (Phi) is 2.94. The van der Waals surface area contributed by atoms with Crippen molar-refractivity contribution in [3.05, 3.63) is 35.0 Å². The standard InChI is InChI=1S/C15H15N3O2S/c1-20-12-5-3-2-4-10(12)13-11(8-19)18-15(16-13)21-14(17-18)9-6-7-9/h2-5,9,19H,6-8H2,1H3. The molecule has 1 N–H and O–H groups in total. The maximum absolute atomic E-state index is 9.76. The van der Waals surface area contributed by atoms with Gasteiger partial charge in [-0.15, -0.1) is 0 Å². The van der Waals surface area contributed by atoms with Crippen LogP contribution in [0.4, 0.5) is 0 Å². The molecule has 2 heterocycles. The lowest BCUT2D eigenvalue weighted by atomic mass is 10.1. The van der Waals surface area contributed by atoms with Crippen molar-refractivity contribution < 1.29 is 9.84 Å². The van der Waals surface area contributed by atoms with Crippen molar-refractivity contribution in [1.82, 2.24) is 14.6 Å². The van der Waals surface area contributed by atoms with Crippen molar-refractivity contribution in [1.29, 1.82) is 0 Å². The molecule has 0 saturated heterocycles. The van der Waals surface area contributed by atoms with E-state index in [1.54, 1.807) is 23.0 Å². The summed E-state index contributed by atoms with van der Waals surface area (Å²) in [7, 11) is 1.64.